The molecule has 0 radical (unpaired) electrons. The van der Waals surface area contributed by atoms with Crippen LogP contribution < -0.4 is 10.8 Å². The van der Waals surface area contributed by atoms with Crippen molar-refractivity contribution in [2.75, 3.05) is 19.7 Å². The Kier molecular flexibility index (Phi) is 7.11. The maximum Gasteiger partial charge on any atom is 0.416 e. The van der Waals surface area contributed by atoms with E-state index in [1.807, 2.05) is 6.07 Å². The van der Waals surface area contributed by atoms with E-state index < -0.39 is 11.7 Å². The van der Waals surface area contributed by atoms with Gasteiger partial charge in [0.2, 0.25) is 0 Å². The SMILES string of the molecule is Bc1ccc(C2(COCc3cc(-c4ccc(C#N)cc4)cc(C(F)(F)F)c3)CCNCC2)cc1. The van der Waals surface area contributed by atoms with E-state index >= 15 is 0 Å². The van der Waals surface area contributed by atoms with Gasteiger partial charge in [-0.15, -0.1) is 0 Å². The minimum Gasteiger partial charge on any atom is -0.376 e. The average Bonchev–Trinajstić information content (AvgIpc) is 2.84. The van der Waals surface area contributed by atoms with Crippen molar-refractivity contribution >= 4 is 13.3 Å². The number of piperidine rings is 1. The van der Waals surface area contributed by atoms with Crippen molar-refractivity contribution in [3.63, 3.8) is 0 Å². The second-order valence-electron chi connectivity index (χ2n) is 8.99. The molecule has 0 spiro atoms. The molecule has 0 aromatic heterocycles. The smallest absolute Gasteiger partial charge is 0.376 e. The molecule has 34 heavy (non-hydrogen) atoms. The number of benzene rings is 3. The van der Waals surface area contributed by atoms with Crippen molar-refractivity contribution in [2.45, 2.75) is 31.0 Å². The van der Waals surface area contributed by atoms with Crippen molar-refractivity contribution in [2.24, 2.45) is 0 Å². The number of rotatable bonds is 6. The summed E-state index contributed by atoms with van der Waals surface area (Å²) in [7, 11) is 2.05. The van der Waals surface area contributed by atoms with Gasteiger partial charge in [-0.1, -0.05) is 41.9 Å². The maximum absolute atomic E-state index is 13.6. The Hall–Kier alpha value is -3.08. The van der Waals surface area contributed by atoms with Gasteiger partial charge in [0.15, 0.2) is 0 Å². The number of nitrogens with one attached hydrogen (secondary N) is 1. The van der Waals surface area contributed by atoms with Crippen LogP contribution in [0.4, 0.5) is 13.2 Å². The predicted molar refractivity (Wildman–Crippen MR) is 130 cm³/mol. The van der Waals surface area contributed by atoms with Crippen LogP contribution in [0.15, 0.2) is 66.7 Å². The molecule has 1 fully saturated rings. The van der Waals surface area contributed by atoms with Crippen LogP contribution in [0.2, 0.25) is 0 Å². The predicted octanol–water partition coefficient (Wildman–Crippen LogP) is 4.34. The molecule has 1 saturated heterocycles. The first-order valence-electron chi connectivity index (χ1n) is 11.4. The Balaban J connectivity index is 1.57. The summed E-state index contributed by atoms with van der Waals surface area (Å²) in [5.74, 6) is 0. The highest BCUT2D eigenvalue weighted by Crippen LogP contribution is 2.36. The van der Waals surface area contributed by atoms with Gasteiger partial charge in [0.05, 0.1) is 30.4 Å². The minimum absolute atomic E-state index is 0.0915. The molecule has 0 unspecified atom stereocenters. The third-order valence-corrected chi connectivity index (χ3v) is 6.54. The Bertz CT molecular complexity index is 1160. The van der Waals surface area contributed by atoms with Gasteiger partial charge >= 0.3 is 6.18 Å². The molecule has 0 saturated carbocycles. The van der Waals surface area contributed by atoms with Crippen molar-refractivity contribution in [1.82, 2.24) is 5.32 Å². The summed E-state index contributed by atoms with van der Waals surface area (Å²) in [6.07, 6.45) is -2.64. The lowest BCUT2D eigenvalue weighted by Crippen LogP contribution is -2.43. The fraction of sp³-hybridized carbons (Fsp3) is 0.296. The third kappa shape index (κ3) is 5.52. The molecule has 4 rings (SSSR count). The van der Waals surface area contributed by atoms with E-state index in [1.54, 1.807) is 30.3 Å². The Morgan fingerprint density at radius 2 is 1.62 bits per heavy atom. The fourth-order valence-corrected chi connectivity index (χ4v) is 4.54. The van der Waals surface area contributed by atoms with E-state index in [0.717, 1.165) is 38.1 Å². The molecule has 0 atom stereocenters. The number of ether oxygens (including phenoxy) is 1. The zero-order valence-electron chi connectivity index (χ0n) is 19.1. The van der Waals surface area contributed by atoms with Crippen molar-refractivity contribution < 1.29 is 17.9 Å². The molecule has 3 nitrogen and oxygen atoms in total. The zero-order valence-corrected chi connectivity index (χ0v) is 19.1. The van der Waals surface area contributed by atoms with Crippen LogP contribution in [-0.4, -0.2) is 27.5 Å². The van der Waals surface area contributed by atoms with Gasteiger partial charge < -0.3 is 10.1 Å². The molecule has 1 aliphatic rings. The summed E-state index contributed by atoms with van der Waals surface area (Å²) in [5, 5.41) is 12.4. The van der Waals surface area contributed by atoms with Gasteiger partial charge in [-0.25, -0.2) is 0 Å². The Morgan fingerprint density at radius 3 is 2.24 bits per heavy atom. The van der Waals surface area contributed by atoms with E-state index in [2.05, 4.69) is 37.4 Å². The van der Waals surface area contributed by atoms with Crippen LogP contribution in [0.25, 0.3) is 11.1 Å². The fourth-order valence-electron chi connectivity index (χ4n) is 4.54. The Labute approximate surface area is 199 Å². The van der Waals surface area contributed by atoms with Crippen LogP contribution >= 0.6 is 0 Å². The highest BCUT2D eigenvalue weighted by atomic mass is 19.4. The second kappa shape index (κ2) is 10.0. The minimum atomic E-state index is -4.46. The van der Waals surface area contributed by atoms with E-state index in [4.69, 9.17) is 10.00 Å². The van der Waals surface area contributed by atoms with Crippen LogP contribution in [0, 0.1) is 11.3 Å². The number of hydrogen-bond acceptors (Lipinski definition) is 3. The van der Waals surface area contributed by atoms with Gasteiger partial charge in [-0.3, -0.25) is 0 Å². The lowest BCUT2D eigenvalue weighted by Gasteiger charge is -2.38. The number of halogens is 3. The molecular formula is C27H26BF3N2O. The topological polar surface area (TPSA) is 45.0 Å². The number of hydrogen-bond donors (Lipinski definition) is 1. The first kappa shape index (κ1) is 24.1. The molecule has 0 aliphatic carbocycles. The van der Waals surface area contributed by atoms with Crippen molar-refractivity contribution in [3.05, 3.63) is 89.0 Å². The molecular weight excluding hydrogens is 436 g/mol. The first-order chi connectivity index (χ1) is 16.3. The quantitative estimate of drug-likeness (QED) is 0.555. The molecule has 3 aromatic carbocycles. The summed E-state index contributed by atoms with van der Waals surface area (Å²) in [6, 6.07) is 21.1. The number of nitrogens with zero attached hydrogens (tertiary/aromatic N) is 1. The average molecular weight is 462 g/mol. The molecule has 3 aromatic rings. The van der Waals surface area contributed by atoms with Gasteiger partial charge in [-0.2, -0.15) is 18.4 Å². The monoisotopic (exact) mass is 462 g/mol. The largest absolute Gasteiger partial charge is 0.416 e. The van der Waals surface area contributed by atoms with E-state index in [0.29, 0.717) is 28.9 Å². The van der Waals surface area contributed by atoms with Crippen LogP contribution in [0.3, 0.4) is 0 Å². The third-order valence-electron chi connectivity index (χ3n) is 6.54. The van der Waals surface area contributed by atoms with Crippen molar-refractivity contribution in [3.8, 4) is 17.2 Å². The maximum atomic E-state index is 13.6. The lowest BCUT2D eigenvalue weighted by molar-refractivity contribution is -0.137. The highest BCUT2D eigenvalue weighted by Gasteiger charge is 2.34. The van der Waals surface area contributed by atoms with Gasteiger partial charge in [-0.05, 0) is 78.5 Å². The first-order valence-corrected chi connectivity index (χ1v) is 11.4. The summed E-state index contributed by atoms with van der Waals surface area (Å²) >= 11 is 0. The van der Waals surface area contributed by atoms with Gasteiger partial charge in [0, 0.05) is 5.41 Å². The van der Waals surface area contributed by atoms with Crippen LogP contribution in [0.1, 0.15) is 35.1 Å². The molecule has 1 aliphatic heterocycles. The zero-order chi connectivity index (χ0) is 24.2. The summed E-state index contributed by atoms with van der Waals surface area (Å²) in [5.41, 5.74) is 3.55. The molecule has 174 valence electrons. The highest BCUT2D eigenvalue weighted by molar-refractivity contribution is 6.32. The summed E-state index contributed by atoms with van der Waals surface area (Å²) in [4.78, 5) is 0. The van der Waals surface area contributed by atoms with Crippen molar-refractivity contribution in [1.29, 1.82) is 5.26 Å². The van der Waals surface area contributed by atoms with Gasteiger partial charge in [0.25, 0.3) is 0 Å². The summed E-state index contributed by atoms with van der Waals surface area (Å²) in [6.45, 7) is 2.29. The Morgan fingerprint density at radius 1 is 0.941 bits per heavy atom. The molecule has 7 heteroatoms. The molecule has 1 N–H and O–H groups in total. The normalized spacial score (nSPS) is 15.6. The summed E-state index contributed by atoms with van der Waals surface area (Å²) < 4.78 is 47.0. The van der Waals surface area contributed by atoms with E-state index in [-0.39, 0.29) is 12.0 Å². The molecule has 0 amide bonds. The second-order valence-corrected chi connectivity index (χ2v) is 8.99. The number of nitriles is 1. The lowest BCUT2D eigenvalue weighted by atomic mass is 9.73. The standard InChI is InChI=1S/C27H26BF3N2O/c28-25-7-5-23(6-8-25)26(9-11-33-12-10-26)18-34-17-20-13-22(15-24(14-20)27(29,30)31)21-3-1-19(16-32)2-4-21/h1-8,13-15,33H,9-12,17-18,28H2. The van der Waals surface area contributed by atoms with E-state index in [9.17, 15) is 13.2 Å². The number of alkyl halides is 3. The molecule has 1 heterocycles. The van der Waals surface area contributed by atoms with Crippen LogP contribution in [0.5, 0.6) is 0 Å². The van der Waals surface area contributed by atoms with Crippen LogP contribution in [-0.2, 0) is 22.9 Å². The van der Waals surface area contributed by atoms with E-state index in [1.165, 1.54) is 11.0 Å². The van der Waals surface area contributed by atoms with Gasteiger partial charge in [0.1, 0.15) is 7.85 Å². The molecule has 0 bridgehead atoms.